The van der Waals surface area contributed by atoms with Crippen LogP contribution in [0.25, 0.3) is 0 Å². The number of nitrogens with zero attached hydrogens (tertiary/aromatic N) is 2. The van der Waals surface area contributed by atoms with Crippen molar-refractivity contribution in [3.63, 3.8) is 0 Å². The van der Waals surface area contributed by atoms with Gasteiger partial charge in [0.2, 0.25) is 0 Å². The third-order valence-electron chi connectivity index (χ3n) is 3.65. The van der Waals surface area contributed by atoms with Gasteiger partial charge in [0.05, 0.1) is 12.7 Å². The van der Waals surface area contributed by atoms with Gasteiger partial charge in [-0.15, -0.1) is 0 Å². The fourth-order valence-corrected chi connectivity index (χ4v) is 4.22. The molecular formula is C12H14N4S. The molecule has 2 aliphatic carbocycles. The molecule has 2 saturated carbocycles. The van der Waals surface area contributed by atoms with Crippen LogP contribution in [0.15, 0.2) is 25.0 Å². The van der Waals surface area contributed by atoms with Gasteiger partial charge in [-0.3, -0.25) is 0 Å². The first-order valence-corrected chi connectivity index (χ1v) is 6.98. The highest BCUT2D eigenvalue weighted by Gasteiger charge is 2.48. The van der Waals surface area contributed by atoms with Crippen LogP contribution in [0.2, 0.25) is 0 Å². The third-order valence-corrected chi connectivity index (χ3v) is 5.39. The van der Waals surface area contributed by atoms with E-state index in [2.05, 4.69) is 31.7 Å². The van der Waals surface area contributed by atoms with E-state index in [1.165, 1.54) is 24.2 Å². The molecule has 0 saturated heterocycles. The maximum absolute atomic E-state index is 4.09. The number of aromatic amines is 2. The highest BCUT2D eigenvalue weighted by atomic mass is 32.2. The molecule has 2 N–H and O–H groups in total. The van der Waals surface area contributed by atoms with Crippen LogP contribution in [0.3, 0.4) is 0 Å². The average Bonchev–Trinajstić information content (AvgIpc) is 3.12. The number of H-pyrrole nitrogens is 2. The topological polar surface area (TPSA) is 57.4 Å². The van der Waals surface area contributed by atoms with Crippen molar-refractivity contribution in [2.24, 2.45) is 0 Å². The molecule has 4 rings (SSSR count). The van der Waals surface area contributed by atoms with Crippen LogP contribution in [0.1, 0.15) is 36.1 Å². The molecule has 88 valence electrons. The molecule has 0 spiro atoms. The second-order valence-corrected chi connectivity index (χ2v) is 6.39. The van der Waals surface area contributed by atoms with Crippen molar-refractivity contribution < 1.29 is 0 Å². The average molecular weight is 246 g/mol. The second-order valence-electron chi connectivity index (χ2n) is 4.91. The summed E-state index contributed by atoms with van der Waals surface area (Å²) in [6.45, 7) is 0. The molecule has 2 fully saturated rings. The Bertz CT molecular complexity index is 446. The Morgan fingerprint density at radius 2 is 1.47 bits per heavy atom. The molecular weight excluding hydrogens is 232 g/mol. The number of aromatic nitrogens is 4. The smallest absolute Gasteiger partial charge is 0.0921 e. The van der Waals surface area contributed by atoms with Crippen molar-refractivity contribution in [2.45, 2.75) is 35.2 Å². The zero-order valence-corrected chi connectivity index (χ0v) is 10.2. The summed E-state index contributed by atoms with van der Waals surface area (Å²) in [6, 6.07) is 0. The monoisotopic (exact) mass is 246 g/mol. The van der Waals surface area contributed by atoms with Crippen LogP contribution in [-0.4, -0.2) is 30.4 Å². The summed E-state index contributed by atoms with van der Waals surface area (Å²) >= 11 is 2.15. The SMILES string of the molecule is c1ncc(C2CC2SC2CC2c2cnc[nH]2)[nH]1. The van der Waals surface area contributed by atoms with Crippen LogP contribution in [0.5, 0.6) is 0 Å². The molecule has 5 heteroatoms. The predicted molar refractivity (Wildman–Crippen MR) is 67.1 cm³/mol. The zero-order valence-electron chi connectivity index (χ0n) is 9.34. The summed E-state index contributed by atoms with van der Waals surface area (Å²) in [6.07, 6.45) is 10.1. The largest absolute Gasteiger partial charge is 0.348 e. The summed E-state index contributed by atoms with van der Waals surface area (Å²) < 4.78 is 0. The van der Waals surface area contributed by atoms with Crippen LogP contribution < -0.4 is 0 Å². The van der Waals surface area contributed by atoms with Crippen molar-refractivity contribution in [3.05, 3.63) is 36.4 Å². The minimum atomic E-state index is 0.713. The lowest BCUT2D eigenvalue weighted by molar-refractivity contribution is 1.04. The summed E-state index contributed by atoms with van der Waals surface area (Å²) in [5.41, 5.74) is 2.61. The molecule has 2 aromatic rings. The Hall–Kier alpha value is -1.23. The fraction of sp³-hybridized carbons (Fsp3) is 0.500. The Balaban J connectivity index is 1.34. The van der Waals surface area contributed by atoms with Crippen LogP contribution in [0, 0.1) is 0 Å². The maximum Gasteiger partial charge on any atom is 0.0921 e. The zero-order chi connectivity index (χ0) is 11.2. The van der Waals surface area contributed by atoms with Gasteiger partial charge in [-0.2, -0.15) is 11.8 Å². The molecule has 0 aliphatic heterocycles. The standard InChI is InChI=1S/C12H14N4S/c1-7(9-3-13-5-15-9)11(1)17-12-2-8(12)10-4-14-6-16-10/h3-8,11-12H,1-2H2,(H,13,15)(H,14,16). The quantitative estimate of drug-likeness (QED) is 0.870. The van der Waals surface area contributed by atoms with E-state index in [4.69, 9.17) is 0 Å². The number of imidazole rings is 2. The van der Waals surface area contributed by atoms with E-state index in [0.717, 1.165) is 10.5 Å². The van der Waals surface area contributed by atoms with E-state index in [-0.39, 0.29) is 0 Å². The Kier molecular flexibility index (Phi) is 2.09. The number of rotatable bonds is 4. The highest BCUT2D eigenvalue weighted by molar-refractivity contribution is 8.01. The number of nitrogens with one attached hydrogen (secondary N) is 2. The van der Waals surface area contributed by atoms with E-state index in [1.807, 2.05) is 12.4 Å². The van der Waals surface area contributed by atoms with Gasteiger partial charge in [0.25, 0.3) is 0 Å². The van der Waals surface area contributed by atoms with Crippen molar-refractivity contribution in [1.82, 2.24) is 19.9 Å². The number of thioether (sulfide) groups is 1. The third kappa shape index (κ3) is 1.78. The van der Waals surface area contributed by atoms with E-state index < -0.39 is 0 Å². The van der Waals surface area contributed by atoms with Gasteiger partial charge in [-0.1, -0.05) is 0 Å². The molecule has 0 bridgehead atoms. The summed E-state index contributed by atoms with van der Waals surface area (Å²) in [5.74, 6) is 1.43. The van der Waals surface area contributed by atoms with Crippen molar-refractivity contribution in [2.75, 3.05) is 0 Å². The Morgan fingerprint density at radius 3 is 1.88 bits per heavy atom. The van der Waals surface area contributed by atoms with Gasteiger partial charge < -0.3 is 9.97 Å². The highest BCUT2D eigenvalue weighted by Crippen LogP contribution is 2.58. The van der Waals surface area contributed by atoms with Crippen molar-refractivity contribution >= 4 is 11.8 Å². The first-order chi connectivity index (χ1) is 8.42. The lowest BCUT2D eigenvalue weighted by Gasteiger charge is -1.98. The Labute approximate surface area is 104 Å². The summed E-state index contributed by atoms with van der Waals surface area (Å²) in [5, 5.41) is 1.60. The molecule has 2 heterocycles. The van der Waals surface area contributed by atoms with Gasteiger partial charge in [0.1, 0.15) is 0 Å². The van der Waals surface area contributed by atoms with E-state index >= 15 is 0 Å². The number of hydrogen-bond acceptors (Lipinski definition) is 3. The normalized spacial score (nSPS) is 34.8. The maximum atomic E-state index is 4.09. The first kappa shape index (κ1) is 9.76. The van der Waals surface area contributed by atoms with Crippen LogP contribution >= 0.6 is 11.8 Å². The molecule has 4 unspecified atom stereocenters. The van der Waals surface area contributed by atoms with Crippen molar-refractivity contribution in [1.29, 1.82) is 0 Å². The number of hydrogen-bond donors (Lipinski definition) is 2. The van der Waals surface area contributed by atoms with E-state index in [0.29, 0.717) is 11.8 Å². The molecule has 2 aromatic heterocycles. The van der Waals surface area contributed by atoms with Gasteiger partial charge in [-0.25, -0.2) is 9.97 Å². The van der Waals surface area contributed by atoms with Crippen LogP contribution in [0.4, 0.5) is 0 Å². The van der Waals surface area contributed by atoms with Gasteiger partial charge in [0, 0.05) is 46.1 Å². The van der Waals surface area contributed by atoms with Gasteiger partial charge >= 0.3 is 0 Å². The summed E-state index contributed by atoms with van der Waals surface area (Å²) in [4.78, 5) is 14.6. The summed E-state index contributed by atoms with van der Waals surface area (Å²) in [7, 11) is 0. The van der Waals surface area contributed by atoms with Crippen LogP contribution in [-0.2, 0) is 0 Å². The van der Waals surface area contributed by atoms with E-state index in [1.54, 1.807) is 12.7 Å². The predicted octanol–water partition coefficient (Wildman–Crippen LogP) is 2.28. The molecule has 17 heavy (non-hydrogen) atoms. The molecule has 0 radical (unpaired) electrons. The Morgan fingerprint density at radius 1 is 0.941 bits per heavy atom. The minimum Gasteiger partial charge on any atom is -0.348 e. The van der Waals surface area contributed by atoms with Crippen molar-refractivity contribution in [3.8, 4) is 0 Å². The fourth-order valence-electron chi connectivity index (χ4n) is 2.46. The molecule has 4 nitrogen and oxygen atoms in total. The lowest BCUT2D eigenvalue weighted by atomic mass is 10.3. The first-order valence-electron chi connectivity index (χ1n) is 6.04. The molecule has 2 aliphatic rings. The second kappa shape index (κ2) is 3.63. The molecule has 4 atom stereocenters. The lowest BCUT2D eigenvalue weighted by Crippen LogP contribution is -1.89. The molecule has 0 amide bonds. The van der Waals surface area contributed by atoms with Gasteiger partial charge in [0.15, 0.2) is 0 Å². The minimum absolute atomic E-state index is 0.713. The van der Waals surface area contributed by atoms with Gasteiger partial charge in [-0.05, 0) is 12.8 Å². The molecule has 0 aromatic carbocycles. The van der Waals surface area contributed by atoms with E-state index in [9.17, 15) is 0 Å².